The zero-order valence-corrected chi connectivity index (χ0v) is 6.85. The van der Waals surface area contributed by atoms with E-state index in [0.717, 1.165) is 26.0 Å². The highest BCUT2D eigenvalue weighted by Crippen LogP contribution is 1.93. The van der Waals surface area contributed by atoms with Crippen LogP contribution in [0, 0.1) is 0 Å². The maximum Gasteiger partial charge on any atom is 0.0572 e. The van der Waals surface area contributed by atoms with Crippen LogP contribution in [0.1, 0.15) is 19.3 Å². The van der Waals surface area contributed by atoms with Gasteiger partial charge < -0.3 is 9.57 Å². The van der Waals surface area contributed by atoms with Gasteiger partial charge >= 0.3 is 0 Å². The largest absolute Gasteiger partial charge is 0.385 e. The quantitative estimate of drug-likeness (QED) is 0.429. The van der Waals surface area contributed by atoms with E-state index < -0.39 is 0 Å². The minimum atomic E-state index is 0.868. The second-order valence-electron chi connectivity index (χ2n) is 2.15. The van der Waals surface area contributed by atoms with Gasteiger partial charge in [-0.25, -0.2) is 5.48 Å². The van der Waals surface area contributed by atoms with Crippen LogP contribution >= 0.6 is 0 Å². The molecule has 0 aliphatic carbocycles. The van der Waals surface area contributed by atoms with Gasteiger partial charge in [0.2, 0.25) is 0 Å². The van der Waals surface area contributed by atoms with Crippen LogP contribution in [0.2, 0.25) is 0 Å². The predicted molar refractivity (Wildman–Crippen MR) is 40.7 cm³/mol. The average Bonchev–Trinajstić information content (AvgIpc) is 1.97. The Hall–Kier alpha value is -0.120. The molecule has 0 unspecified atom stereocenters. The molecule has 0 aromatic rings. The molecule has 0 spiro atoms. The molecule has 0 bridgehead atoms. The van der Waals surface area contributed by atoms with E-state index in [-0.39, 0.29) is 0 Å². The number of methoxy groups -OCH3 is 1. The van der Waals surface area contributed by atoms with Crippen LogP contribution in [-0.4, -0.2) is 27.4 Å². The summed E-state index contributed by atoms with van der Waals surface area (Å²) < 4.78 is 4.90. The molecule has 0 aliphatic rings. The van der Waals surface area contributed by atoms with Gasteiger partial charge in [-0.3, -0.25) is 0 Å². The normalized spacial score (nSPS) is 10.2. The van der Waals surface area contributed by atoms with Gasteiger partial charge in [-0.1, -0.05) is 0 Å². The van der Waals surface area contributed by atoms with E-state index in [1.807, 2.05) is 0 Å². The Balaban J connectivity index is 2.65. The number of nitrogens with one attached hydrogen (secondary N) is 1. The first-order valence-corrected chi connectivity index (χ1v) is 3.66. The van der Waals surface area contributed by atoms with Crippen molar-refractivity contribution in [1.82, 2.24) is 5.48 Å². The first-order valence-electron chi connectivity index (χ1n) is 3.66. The van der Waals surface area contributed by atoms with Gasteiger partial charge in [-0.05, 0) is 19.3 Å². The molecule has 10 heavy (non-hydrogen) atoms. The Labute approximate surface area is 62.7 Å². The van der Waals surface area contributed by atoms with Crippen molar-refractivity contribution < 1.29 is 9.57 Å². The van der Waals surface area contributed by atoms with Crippen LogP contribution in [0.4, 0.5) is 0 Å². The number of hydrogen-bond acceptors (Lipinski definition) is 3. The highest BCUT2D eigenvalue weighted by molar-refractivity contribution is 4.41. The number of rotatable bonds is 7. The summed E-state index contributed by atoms with van der Waals surface area (Å²) in [5.41, 5.74) is 2.78. The van der Waals surface area contributed by atoms with Crippen LogP contribution in [0.15, 0.2) is 0 Å². The Kier molecular flexibility index (Phi) is 8.77. The zero-order valence-electron chi connectivity index (χ0n) is 6.85. The number of unbranched alkanes of at least 4 members (excludes halogenated alkanes) is 2. The third-order valence-corrected chi connectivity index (χ3v) is 1.27. The van der Waals surface area contributed by atoms with Crippen molar-refractivity contribution in [2.45, 2.75) is 19.3 Å². The molecular formula is C7H17NO2. The van der Waals surface area contributed by atoms with E-state index >= 15 is 0 Å². The molecule has 0 aliphatic heterocycles. The van der Waals surface area contributed by atoms with Crippen LogP contribution in [0.25, 0.3) is 0 Å². The average molecular weight is 147 g/mol. The SMILES string of the molecule is COCCCCCNOC. The highest BCUT2D eigenvalue weighted by Gasteiger charge is 1.86. The molecule has 0 saturated heterocycles. The lowest BCUT2D eigenvalue weighted by atomic mass is 10.2. The Morgan fingerprint density at radius 1 is 1.10 bits per heavy atom. The van der Waals surface area contributed by atoms with E-state index in [0.29, 0.717) is 0 Å². The minimum Gasteiger partial charge on any atom is -0.385 e. The first kappa shape index (κ1) is 9.88. The topological polar surface area (TPSA) is 30.5 Å². The summed E-state index contributed by atoms with van der Waals surface area (Å²) >= 11 is 0. The number of hydroxylamine groups is 1. The van der Waals surface area contributed by atoms with Gasteiger partial charge in [0.1, 0.15) is 0 Å². The van der Waals surface area contributed by atoms with Gasteiger partial charge in [-0.2, -0.15) is 0 Å². The number of ether oxygens (including phenoxy) is 1. The monoisotopic (exact) mass is 147 g/mol. The van der Waals surface area contributed by atoms with Crippen molar-refractivity contribution in [1.29, 1.82) is 0 Å². The summed E-state index contributed by atoms with van der Waals surface area (Å²) in [7, 11) is 3.36. The van der Waals surface area contributed by atoms with Gasteiger partial charge in [0, 0.05) is 20.3 Å². The molecule has 0 saturated carbocycles. The molecular weight excluding hydrogens is 130 g/mol. The molecule has 1 N–H and O–H groups in total. The molecule has 0 aromatic heterocycles. The highest BCUT2D eigenvalue weighted by atomic mass is 16.6. The van der Waals surface area contributed by atoms with Crippen molar-refractivity contribution in [3.05, 3.63) is 0 Å². The van der Waals surface area contributed by atoms with Gasteiger partial charge in [-0.15, -0.1) is 0 Å². The fraction of sp³-hybridized carbons (Fsp3) is 1.00. The van der Waals surface area contributed by atoms with E-state index in [4.69, 9.17) is 4.74 Å². The summed E-state index contributed by atoms with van der Waals surface area (Å²) in [5.74, 6) is 0. The lowest BCUT2D eigenvalue weighted by molar-refractivity contribution is 0.0897. The van der Waals surface area contributed by atoms with Crippen LogP contribution in [0.3, 0.4) is 0 Å². The molecule has 0 atom stereocenters. The van der Waals surface area contributed by atoms with Crippen molar-refractivity contribution in [3.8, 4) is 0 Å². The van der Waals surface area contributed by atoms with Gasteiger partial charge in [0.25, 0.3) is 0 Å². The third-order valence-electron chi connectivity index (χ3n) is 1.27. The lowest BCUT2D eigenvalue weighted by Gasteiger charge is -2.00. The van der Waals surface area contributed by atoms with Crippen LogP contribution < -0.4 is 5.48 Å². The molecule has 0 amide bonds. The summed E-state index contributed by atoms with van der Waals surface area (Å²) in [6.07, 6.45) is 3.49. The summed E-state index contributed by atoms with van der Waals surface area (Å²) in [6, 6.07) is 0. The number of hydrogen-bond donors (Lipinski definition) is 1. The molecule has 0 fully saturated rings. The van der Waals surface area contributed by atoms with Crippen molar-refractivity contribution >= 4 is 0 Å². The maximum atomic E-state index is 4.90. The van der Waals surface area contributed by atoms with Crippen molar-refractivity contribution in [2.24, 2.45) is 0 Å². The van der Waals surface area contributed by atoms with Crippen molar-refractivity contribution in [3.63, 3.8) is 0 Å². The lowest BCUT2D eigenvalue weighted by Crippen LogP contribution is -2.12. The standard InChI is InChI=1S/C7H17NO2/c1-9-7-5-3-4-6-8-10-2/h8H,3-7H2,1-2H3. The molecule has 3 heteroatoms. The van der Waals surface area contributed by atoms with Crippen LogP contribution in [-0.2, 0) is 9.57 Å². The van der Waals surface area contributed by atoms with Gasteiger partial charge in [0.15, 0.2) is 0 Å². The van der Waals surface area contributed by atoms with Gasteiger partial charge in [0.05, 0.1) is 7.11 Å². The first-order chi connectivity index (χ1) is 4.91. The molecule has 0 rings (SSSR count). The Bertz CT molecular complexity index is 51.6. The van der Waals surface area contributed by atoms with E-state index in [1.165, 1.54) is 6.42 Å². The molecule has 0 aromatic carbocycles. The molecule has 62 valence electrons. The van der Waals surface area contributed by atoms with E-state index in [9.17, 15) is 0 Å². The fourth-order valence-corrected chi connectivity index (χ4v) is 0.722. The summed E-state index contributed by atoms with van der Waals surface area (Å²) in [6.45, 7) is 1.80. The van der Waals surface area contributed by atoms with E-state index in [2.05, 4.69) is 10.3 Å². The minimum absolute atomic E-state index is 0.868. The second-order valence-corrected chi connectivity index (χ2v) is 2.15. The summed E-state index contributed by atoms with van der Waals surface area (Å²) in [5, 5.41) is 0. The zero-order chi connectivity index (χ0) is 7.66. The third kappa shape index (κ3) is 7.88. The Morgan fingerprint density at radius 3 is 2.50 bits per heavy atom. The molecule has 0 heterocycles. The van der Waals surface area contributed by atoms with E-state index in [1.54, 1.807) is 14.2 Å². The molecule has 0 radical (unpaired) electrons. The van der Waals surface area contributed by atoms with Crippen molar-refractivity contribution in [2.75, 3.05) is 27.4 Å². The van der Waals surface area contributed by atoms with Crippen LogP contribution in [0.5, 0.6) is 0 Å². The second kappa shape index (κ2) is 8.88. The molecule has 3 nitrogen and oxygen atoms in total. The summed E-state index contributed by atoms with van der Waals surface area (Å²) in [4.78, 5) is 4.67. The predicted octanol–water partition coefficient (Wildman–Crippen LogP) is 0.954. The smallest absolute Gasteiger partial charge is 0.0572 e. The Morgan fingerprint density at radius 2 is 1.90 bits per heavy atom. The fourth-order valence-electron chi connectivity index (χ4n) is 0.722. The maximum absolute atomic E-state index is 4.90.